The number of alkyl carbamates (subject to hydrolysis) is 1. The number of allylic oxidation sites excluding steroid dienone is 1. The van der Waals surface area contributed by atoms with Crippen molar-refractivity contribution >= 4 is 12.1 Å². The second kappa shape index (κ2) is 11.0. The summed E-state index contributed by atoms with van der Waals surface area (Å²) >= 11 is 0. The molecule has 0 spiro atoms. The molecular weight excluding hydrogens is 402 g/mol. The molecule has 3 rings (SSSR count). The van der Waals surface area contributed by atoms with Crippen LogP contribution in [0.5, 0.6) is 0 Å². The summed E-state index contributed by atoms with van der Waals surface area (Å²) in [5.41, 5.74) is 1.91. The van der Waals surface area contributed by atoms with Crippen LogP contribution in [0.25, 0.3) is 0 Å². The van der Waals surface area contributed by atoms with Gasteiger partial charge in [-0.3, -0.25) is 4.79 Å². The van der Waals surface area contributed by atoms with Gasteiger partial charge in [-0.2, -0.15) is 0 Å². The van der Waals surface area contributed by atoms with Gasteiger partial charge in [-0.05, 0) is 55.4 Å². The highest BCUT2D eigenvalue weighted by Crippen LogP contribution is 2.37. The zero-order valence-corrected chi connectivity index (χ0v) is 20.2. The minimum absolute atomic E-state index is 0.0431. The number of hydrogen-bond acceptors (Lipinski definition) is 4. The Bertz CT molecular complexity index is 803. The lowest BCUT2D eigenvalue weighted by atomic mass is 9.75. The van der Waals surface area contributed by atoms with Crippen LogP contribution in [0.15, 0.2) is 42.0 Å². The molecular formula is C27H39NO4. The fraction of sp³-hybridized carbons (Fsp3) is 0.630. The first-order valence-electron chi connectivity index (χ1n) is 12.1. The van der Waals surface area contributed by atoms with E-state index in [9.17, 15) is 9.59 Å². The monoisotopic (exact) mass is 441 g/mol. The number of nitrogens with one attached hydrogen (secondary N) is 1. The van der Waals surface area contributed by atoms with Crippen molar-refractivity contribution in [2.75, 3.05) is 0 Å². The summed E-state index contributed by atoms with van der Waals surface area (Å²) in [4.78, 5) is 25.9. The minimum Gasteiger partial charge on any atom is -0.462 e. The van der Waals surface area contributed by atoms with Gasteiger partial charge < -0.3 is 14.8 Å². The van der Waals surface area contributed by atoms with Crippen molar-refractivity contribution in [1.29, 1.82) is 0 Å². The first-order valence-corrected chi connectivity index (χ1v) is 12.1. The number of ether oxygens (including phenoxy) is 2. The largest absolute Gasteiger partial charge is 0.462 e. The summed E-state index contributed by atoms with van der Waals surface area (Å²) in [7, 11) is 0. The fourth-order valence-electron chi connectivity index (χ4n) is 5.30. The molecule has 1 N–H and O–H groups in total. The Labute approximate surface area is 192 Å². The third kappa shape index (κ3) is 6.36. The number of benzene rings is 1. The summed E-state index contributed by atoms with van der Waals surface area (Å²) in [6.07, 6.45) is 5.45. The molecule has 1 aromatic carbocycles. The smallest absolute Gasteiger partial charge is 0.407 e. The average molecular weight is 442 g/mol. The normalized spacial score (nSPS) is 30.4. The number of hydrogen-bond donors (Lipinski definition) is 1. The molecule has 176 valence electrons. The van der Waals surface area contributed by atoms with Crippen LogP contribution < -0.4 is 5.32 Å². The lowest BCUT2D eigenvalue weighted by Crippen LogP contribution is -2.48. The molecule has 1 saturated carbocycles. The van der Waals surface area contributed by atoms with Crippen molar-refractivity contribution < 1.29 is 19.1 Å². The van der Waals surface area contributed by atoms with Crippen LogP contribution in [0, 0.1) is 29.6 Å². The van der Waals surface area contributed by atoms with E-state index in [4.69, 9.17) is 9.47 Å². The topological polar surface area (TPSA) is 64.6 Å². The molecule has 6 atom stereocenters. The van der Waals surface area contributed by atoms with Crippen molar-refractivity contribution in [1.82, 2.24) is 5.32 Å². The maximum Gasteiger partial charge on any atom is 0.407 e. The van der Waals surface area contributed by atoms with Crippen molar-refractivity contribution in [3.05, 3.63) is 47.5 Å². The third-order valence-electron chi connectivity index (χ3n) is 7.08. The van der Waals surface area contributed by atoms with Gasteiger partial charge in [-0.1, -0.05) is 76.1 Å². The summed E-state index contributed by atoms with van der Waals surface area (Å²) in [5, 5.41) is 2.94. The Morgan fingerprint density at radius 3 is 2.50 bits per heavy atom. The van der Waals surface area contributed by atoms with Crippen molar-refractivity contribution in [3.8, 4) is 0 Å². The summed E-state index contributed by atoms with van der Waals surface area (Å²) < 4.78 is 11.6. The molecule has 0 saturated heterocycles. The number of carbonyl (C=O) groups is 2. The predicted octanol–water partition coefficient (Wildman–Crippen LogP) is 5.89. The Morgan fingerprint density at radius 1 is 1.09 bits per heavy atom. The molecule has 2 aliphatic carbocycles. The van der Waals surface area contributed by atoms with Crippen molar-refractivity contribution in [2.45, 2.75) is 79.1 Å². The summed E-state index contributed by atoms with van der Waals surface area (Å²) in [6.45, 7) is 10.9. The second-order valence-electron chi connectivity index (χ2n) is 10.2. The molecule has 32 heavy (non-hydrogen) atoms. The summed E-state index contributed by atoms with van der Waals surface area (Å²) in [6, 6.07) is 9.17. The van der Waals surface area contributed by atoms with E-state index < -0.39 is 18.1 Å². The lowest BCUT2D eigenvalue weighted by molar-refractivity contribution is -0.162. The molecule has 0 unspecified atom stereocenters. The van der Waals surface area contributed by atoms with Gasteiger partial charge in [0.2, 0.25) is 0 Å². The van der Waals surface area contributed by atoms with Crippen LogP contribution >= 0.6 is 0 Å². The summed E-state index contributed by atoms with van der Waals surface area (Å²) in [5.74, 6) is 1.12. The van der Waals surface area contributed by atoms with E-state index in [0.29, 0.717) is 24.2 Å². The predicted molar refractivity (Wildman–Crippen MR) is 126 cm³/mol. The van der Waals surface area contributed by atoms with E-state index in [1.165, 1.54) is 6.42 Å². The number of esters is 1. The SMILES string of the molecule is CC1=C[C@H](C)C[C@H](C(=O)O[C@@H]2C[C@H](C)CC[C@H]2C(C)C)[C@@H]1NC(=O)OCc1ccccc1. The first-order chi connectivity index (χ1) is 15.2. The highest BCUT2D eigenvalue weighted by atomic mass is 16.6. The highest BCUT2D eigenvalue weighted by Gasteiger charge is 2.40. The van der Waals surface area contributed by atoms with Crippen LogP contribution in [0.1, 0.15) is 65.9 Å². The molecule has 2 aliphatic rings. The van der Waals surface area contributed by atoms with Crippen LogP contribution in [-0.4, -0.2) is 24.2 Å². The molecule has 0 aromatic heterocycles. The Hall–Kier alpha value is -2.30. The van der Waals surface area contributed by atoms with Crippen LogP contribution in [0.3, 0.4) is 0 Å². The Kier molecular flexibility index (Phi) is 8.38. The van der Waals surface area contributed by atoms with Gasteiger partial charge in [0.25, 0.3) is 0 Å². The Balaban J connectivity index is 1.66. The molecule has 0 bridgehead atoms. The van der Waals surface area contributed by atoms with E-state index in [2.05, 4.69) is 39.1 Å². The molecule has 1 amide bonds. The van der Waals surface area contributed by atoms with Crippen molar-refractivity contribution in [3.63, 3.8) is 0 Å². The maximum atomic E-state index is 13.4. The van der Waals surface area contributed by atoms with E-state index >= 15 is 0 Å². The van der Waals surface area contributed by atoms with Gasteiger partial charge in [0, 0.05) is 0 Å². The minimum atomic E-state index is -0.509. The molecule has 1 aromatic rings. The van der Waals surface area contributed by atoms with Gasteiger partial charge in [0.1, 0.15) is 12.7 Å². The highest BCUT2D eigenvalue weighted by molar-refractivity contribution is 5.77. The van der Waals surface area contributed by atoms with E-state index in [1.807, 2.05) is 37.3 Å². The van der Waals surface area contributed by atoms with Gasteiger partial charge in [0.15, 0.2) is 0 Å². The fourth-order valence-corrected chi connectivity index (χ4v) is 5.30. The number of rotatable bonds is 6. The lowest BCUT2D eigenvalue weighted by Gasteiger charge is -2.39. The van der Waals surface area contributed by atoms with Crippen LogP contribution in [-0.2, 0) is 20.9 Å². The molecule has 0 radical (unpaired) electrons. The van der Waals surface area contributed by atoms with Gasteiger partial charge in [-0.15, -0.1) is 0 Å². The molecule has 0 aliphatic heterocycles. The third-order valence-corrected chi connectivity index (χ3v) is 7.08. The average Bonchev–Trinajstić information content (AvgIpc) is 2.74. The Morgan fingerprint density at radius 2 is 1.81 bits per heavy atom. The van der Waals surface area contributed by atoms with E-state index in [-0.39, 0.29) is 24.6 Å². The zero-order valence-electron chi connectivity index (χ0n) is 20.2. The van der Waals surface area contributed by atoms with E-state index in [0.717, 1.165) is 24.0 Å². The van der Waals surface area contributed by atoms with Gasteiger partial charge >= 0.3 is 12.1 Å². The zero-order chi connectivity index (χ0) is 23.3. The number of amides is 1. The molecule has 1 fully saturated rings. The molecule has 5 nitrogen and oxygen atoms in total. The van der Waals surface area contributed by atoms with E-state index in [1.54, 1.807) is 0 Å². The molecule has 0 heterocycles. The second-order valence-corrected chi connectivity index (χ2v) is 10.2. The quantitative estimate of drug-likeness (QED) is 0.442. The van der Waals surface area contributed by atoms with Crippen LogP contribution in [0.4, 0.5) is 4.79 Å². The molecule has 5 heteroatoms. The van der Waals surface area contributed by atoms with Gasteiger partial charge in [-0.25, -0.2) is 4.79 Å². The standard InChI is InChI=1S/C27H39NO4/c1-17(2)22-12-11-18(3)15-24(22)32-26(29)23-14-19(4)13-20(5)25(23)28-27(30)31-16-21-9-7-6-8-10-21/h6-10,13,17-19,22-25H,11-12,14-16H2,1-5H3,(H,28,30)/t18-,19+,22+,23+,24-,25-/m1/s1. The first kappa shape index (κ1) is 24.3. The maximum absolute atomic E-state index is 13.4. The van der Waals surface area contributed by atoms with Crippen LogP contribution in [0.2, 0.25) is 0 Å². The van der Waals surface area contributed by atoms with Gasteiger partial charge in [0.05, 0.1) is 12.0 Å². The number of carbonyl (C=O) groups excluding carboxylic acids is 2. The van der Waals surface area contributed by atoms with Crippen molar-refractivity contribution in [2.24, 2.45) is 29.6 Å².